The zero-order valence-electron chi connectivity index (χ0n) is 11.6. The average molecular weight is 238 g/mol. The fraction of sp³-hybridized carbons (Fsp3) is 1.00. The van der Waals surface area contributed by atoms with Gasteiger partial charge < -0.3 is 10.2 Å². The normalized spacial score (nSPS) is 25.4. The third-order valence-corrected chi connectivity index (χ3v) is 4.19. The van der Waals surface area contributed by atoms with Gasteiger partial charge in [-0.15, -0.1) is 0 Å². The lowest BCUT2D eigenvalue weighted by Gasteiger charge is -2.26. The number of nitrogens with one attached hydrogen (secondary N) is 1. The van der Waals surface area contributed by atoms with Gasteiger partial charge in [-0.1, -0.05) is 13.3 Å². The smallest absolute Gasteiger partial charge is 0.00675 e. The van der Waals surface area contributed by atoms with E-state index in [1.807, 2.05) is 0 Å². The van der Waals surface area contributed by atoms with Crippen LogP contribution in [0.25, 0.3) is 0 Å². The van der Waals surface area contributed by atoms with Gasteiger partial charge in [-0.3, -0.25) is 0 Å². The minimum Gasteiger partial charge on any atom is -0.314 e. The quantitative estimate of drug-likeness (QED) is 0.699. The first-order chi connectivity index (χ1) is 8.38. The second-order valence-corrected chi connectivity index (χ2v) is 6.03. The molecule has 0 radical (unpaired) electrons. The van der Waals surface area contributed by atoms with E-state index in [0.717, 1.165) is 12.0 Å². The van der Waals surface area contributed by atoms with Crippen molar-refractivity contribution < 1.29 is 0 Å². The topological polar surface area (TPSA) is 15.3 Å². The minimum atomic E-state index is 0.827. The molecule has 0 aromatic heterocycles. The molecule has 1 aliphatic carbocycles. The summed E-state index contributed by atoms with van der Waals surface area (Å²) < 4.78 is 0. The highest BCUT2D eigenvalue weighted by atomic mass is 15.1. The fourth-order valence-electron chi connectivity index (χ4n) is 3.01. The van der Waals surface area contributed by atoms with Crippen molar-refractivity contribution in [1.82, 2.24) is 10.2 Å². The standard InChI is InChI=1S/C15H30N2/c1-2-11-17(13-14-8-9-14)12-5-7-15-6-3-4-10-16-15/h14-16H,2-13H2,1H3. The summed E-state index contributed by atoms with van der Waals surface area (Å²) in [4.78, 5) is 2.71. The molecule has 1 saturated carbocycles. The summed E-state index contributed by atoms with van der Waals surface area (Å²) in [6.07, 6.45) is 11.3. The lowest BCUT2D eigenvalue weighted by molar-refractivity contribution is 0.249. The Kier molecular flexibility index (Phi) is 5.79. The van der Waals surface area contributed by atoms with E-state index < -0.39 is 0 Å². The predicted molar refractivity (Wildman–Crippen MR) is 74.3 cm³/mol. The van der Waals surface area contributed by atoms with Crippen molar-refractivity contribution in [3.8, 4) is 0 Å². The van der Waals surface area contributed by atoms with Gasteiger partial charge in [0.25, 0.3) is 0 Å². The largest absolute Gasteiger partial charge is 0.314 e. The first-order valence-electron chi connectivity index (χ1n) is 7.84. The van der Waals surface area contributed by atoms with Crippen LogP contribution >= 0.6 is 0 Å². The highest BCUT2D eigenvalue weighted by molar-refractivity contribution is 4.78. The third-order valence-electron chi connectivity index (χ3n) is 4.19. The van der Waals surface area contributed by atoms with Crippen molar-refractivity contribution >= 4 is 0 Å². The van der Waals surface area contributed by atoms with Crippen LogP contribution in [0.4, 0.5) is 0 Å². The van der Waals surface area contributed by atoms with Gasteiger partial charge in [-0.2, -0.15) is 0 Å². The van der Waals surface area contributed by atoms with Crippen LogP contribution < -0.4 is 5.32 Å². The van der Waals surface area contributed by atoms with Crippen molar-refractivity contribution in [2.45, 2.75) is 64.3 Å². The lowest BCUT2D eigenvalue weighted by atomic mass is 10.0. The highest BCUT2D eigenvalue weighted by Gasteiger charge is 2.23. The molecule has 0 aromatic carbocycles. The molecule has 0 aromatic rings. The molecule has 1 N–H and O–H groups in total. The summed E-state index contributed by atoms with van der Waals surface area (Å²) in [6.45, 7) is 7.59. The van der Waals surface area contributed by atoms with Crippen LogP contribution in [-0.4, -0.2) is 37.1 Å². The van der Waals surface area contributed by atoms with Crippen LogP contribution in [-0.2, 0) is 0 Å². The van der Waals surface area contributed by atoms with Crippen LogP contribution in [0.2, 0.25) is 0 Å². The van der Waals surface area contributed by atoms with E-state index in [-0.39, 0.29) is 0 Å². The Bertz CT molecular complexity index is 195. The molecule has 0 amide bonds. The Hall–Kier alpha value is -0.0800. The molecule has 1 unspecified atom stereocenters. The van der Waals surface area contributed by atoms with Gasteiger partial charge in [0.05, 0.1) is 0 Å². The summed E-state index contributed by atoms with van der Waals surface area (Å²) in [5, 5.41) is 3.66. The van der Waals surface area contributed by atoms with Crippen molar-refractivity contribution in [1.29, 1.82) is 0 Å². The van der Waals surface area contributed by atoms with Gasteiger partial charge in [0, 0.05) is 12.6 Å². The van der Waals surface area contributed by atoms with Crippen molar-refractivity contribution in [2.75, 3.05) is 26.2 Å². The van der Waals surface area contributed by atoms with E-state index in [4.69, 9.17) is 0 Å². The Morgan fingerprint density at radius 3 is 2.65 bits per heavy atom. The van der Waals surface area contributed by atoms with E-state index in [0.29, 0.717) is 0 Å². The van der Waals surface area contributed by atoms with E-state index >= 15 is 0 Å². The number of piperidine rings is 1. The molecule has 2 heteroatoms. The number of rotatable bonds is 8. The highest BCUT2D eigenvalue weighted by Crippen LogP contribution is 2.29. The maximum Gasteiger partial charge on any atom is 0.00675 e. The van der Waals surface area contributed by atoms with Crippen LogP contribution in [0, 0.1) is 5.92 Å². The predicted octanol–water partition coefficient (Wildman–Crippen LogP) is 3.03. The maximum absolute atomic E-state index is 3.66. The molecular weight excluding hydrogens is 208 g/mol. The van der Waals surface area contributed by atoms with Gasteiger partial charge in [0.15, 0.2) is 0 Å². The second-order valence-electron chi connectivity index (χ2n) is 6.03. The number of hydrogen-bond acceptors (Lipinski definition) is 2. The molecule has 2 nitrogen and oxygen atoms in total. The number of hydrogen-bond donors (Lipinski definition) is 1. The Labute approximate surface area is 107 Å². The molecule has 1 heterocycles. The molecule has 2 aliphatic rings. The molecule has 1 saturated heterocycles. The molecule has 17 heavy (non-hydrogen) atoms. The molecule has 1 aliphatic heterocycles. The average Bonchev–Trinajstić information content (AvgIpc) is 3.15. The van der Waals surface area contributed by atoms with Gasteiger partial charge in [0.2, 0.25) is 0 Å². The van der Waals surface area contributed by atoms with E-state index in [9.17, 15) is 0 Å². The lowest BCUT2D eigenvalue weighted by Crippen LogP contribution is -2.35. The first kappa shape index (κ1) is 13.4. The monoisotopic (exact) mass is 238 g/mol. The van der Waals surface area contributed by atoms with Gasteiger partial charge in [-0.25, -0.2) is 0 Å². The maximum atomic E-state index is 3.66. The zero-order chi connectivity index (χ0) is 11.9. The minimum absolute atomic E-state index is 0.827. The van der Waals surface area contributed by atoms with Crippen LogP contribution in [0.5, 0.6) is 0 Å². The Morgan fingerprint density at radius 2 is 2.00 bits per heavy atom. The van der Waals surface area contributed by atoms with Gasteiger partial charge in [-0.05, 0) is 70.5 Å². The molecule has 2 rings (SSSR count). The van der Waals surface area contributed by atoms with Crippen molar-refractivity contribution in [2.24, 2.45) is 5.92 Å². The van der Waals surface area contributed by atoms with Crippen molar-refractivity contribution in [3.05, 3.63) is 0 Å². The second kappa shape index (κ2) is 7.38. The van der Waals surface area contributed by atoms with Gasteiger partial charge >= 0.3 is 0 Å². The molecule has 0 bridgehead atoms. The van der Waals surface area contributed by atoms with E-state index in [1.54, 1.807) is 0 Å². The molecule has 0 spiro atoms. The van der Waals surface area contributed by atoms with Crippen LogP contribution in [0.3, 0.4) is 0 Å². The third kappa shape index (κ3) is 5.39. The molecule has 1 atom stereocenters. The molecule has 2 fully saturated rings. The van der Waals surface area contributed by atoms with Crippen LogP contribution in [0.1, 0.15) is 58.3 Å². The van der Waals surface area contributed by atoms with E-state index in [1.165, 1.54) is 77.5 Å². The summed E-state index contributed by atoms with van der Waals surface area (Å²) in [6, 6.07) is 0.827. The fourth-order valence-corrected chi connectivity index (χ4v) is 3.01. The Balaban J connectivity index is 1.56. The SMILES string of the molecule is CCCN(CCCC1CCCCN1)CC1CC1. The van der Waals surface area contributed by atoms with Gasteiger partial charge in [0.1, 0.15) is 0 Å². The summed E-state index contributed by atoms with van der Waals surface area (Å²) >= 11 is 0. The molecular formula is C15H30N2. The summed E-state index contributed by atoms with van der Waals surface area (Å²) in [7, 11) is 0. The summed E-state index contributed by atoms with van der Waals surface area (Å²) in [5.74, 6) is 1.05. The van der Waals surface area contributed by atoms with E-state index in [2.05, 4.69) is 17.1 Å². The van der Waals surface area contributed by atoms with Crippen molar-refractivity contribution in [3.63, 3.8) is 0 Å². The number of nitrogens with zero attached hydrogens (tertiary/aromatic N) is 1. The first-order valence-corrected chi connectivity index (χ1v) is 7.84. The Morgan fingerprint density at radius 1 is 1.12 bits per heavy atom. The molecule has 100 valence electrons. The van der Waals surface area contributed by atoms with Crippen LogP contribution in [0.15, 0.2) is 0 Å². The zero-order valence-corrected chi connectivity index (χ0v) is 11.6. The summed E-state index contributed by atoms with van der Waals surface area (Å²) in [5.41, 5.74) is 0.